The molecule has 0 bridgehead atoms. The van der Waals surface area contributed by atoms with Crippen molar-refractivity contribution in [1.29, 1.82) is 0 Å². The highest BCUT2D eigenvalue weighted by atomic mass is 79.9. The van der Waals surface area contributed by atoms with Crippen LogP contribution in [0.3, 0.4) is 0 Å². The Bertz CT molecular complexity index is 956. The van der Waals surface area contributed by atoms with Crippen LogP contribution >= 0.6 is 15.9 Å². The van der Waals surface area contributed by atoms with Gasteiger partial charge in [0.15, 0.2) is 0 Å². The number of hydrogen-bond donors (Lipinski definition) is 1. The SMILES string of the molecule is Cc1ccccc1C(=O)N/N=C/c1ccc(OCc2ccccc2)c(Br)c1. The summed E-state index contributed by atoms with van der Waals surface area (Å²) in [5.41, 5.74) is 6.03. The molecule has 0 aromatic heterocycles. The number of amides is 1. The number of hydrazone groups is 1. The minimum Gasteiger partial charge on any atom is -0.488 e. The molecule has 3 aromatic carbocycles. The number of carbonyl (C=O) groups excluding carboxylic acids is 1. The number of carbonyl (C=O) groups is 1. The molecule has 3 rings (SSSR count). The monoisotopic (exact) mass is 422 g/mol. The van der Waals surface area contributed by atoms with Gasteiger partial charge >= 0.3 is 0 Å². The lowest BCUT2D eigenvalue weighted by Gasteiger charge is -2.09. The Morgan fingerprint density at radius 2 is 1.81 bits per heavy atom. The van der Waals surface area contributed by atoms with Crippen LogP contribution in [-0.2, 0) is 6.61 Å². The molecule has 0 atom stereocenters. The highest BCUT2D eigenvalue weighted by Crippen LogP contribution is 2.26. The predicted molar refractivity (Wildman–Crippen MR) is 111 cm³/mol. The molecule has 0 spiro atoms. The van der Waals surface area contributed by atoms with Gasteiger partial charge in [-0.3, -0.25) is 4.79 Å². The molecule has 0 aliphatic rings. The molecule has 27 heavy (non-hydrogen) atoms. The fourth-order valence-corrected chi connectivity index (χ4v) is 3.01. The molecule has 5 heteroatoms. The third-order valence-electron chi connectivity index (χ3n) is 3.96. The van der Waals surface area contributed by atoms with Crippen molar-refractivity contribution in [3.8, 4) is 5.75 Å². The van der Waals surface area contributed by atoms with Crippen molar-refractivity contribution >= 4 is 28.1 Å². The van der Waals surface area contributed by atoms with Crippen LogP contribution in [0.1, 0.15) is 27.0 Å². The summed E-state index contributed by atoms with van der Waals surface area (Å²) in [5, 5.41) is 4.04. The minimum absolute atomic E-state index is 0.230. The summed E-state index contributed by atoms with van der Waals surface area (Å²) < 4.78 is 6.66. The number of ether oxygens (including phenoxy) is 1. The molecule has 0 saturated carbocycles. The number of benzene rings is 3. The maximum Gasteiger partial charge on any atom is 0.271 e. The van der Waals surface area contributed by atoms with E-state index in [0.717, 1.165) is 26.9 Å². The molecule has 3 aromatic rings. The number of halogens is 1. The van der Waals surface area contributed by atoms with Gasteiger partial charge in [-0.1, -0.05) is 48.5 Å². The van der Waals surface area contributed by atoms with Crippen LogP contribution in [0.5, 0.6) is 5.75 Å². The molecule has 0 fully saturated rings. The van der Waals surface area contributed by atoms with E-state index in [1.165, 1.54) is 0 Å². The van der Waals surface area contributed by atoms with E-state index in [0.29, 0.717) is 12.2 Å². The van der Waals surface area contributed by atoms with Crippen LogP contribution in [0.25, 0.3) is 0 Å². The van der Waals surface area contributed by atoms with Crippen LogP contribution in [0.4, 0.5) is 0 Å². The molecule has 0 unspecified atom stereocenters. The van der Waals surface area contributed by atoms with E-state index in [-0.39, 0.29) is 5.91 Å². The quantitative estimate of drug-likeness (QED) is 0.443. The molecule has 1 amide bonds. The zero-order valence-electron chi connectivity index (χ0n) is 14.9. The van der Waals surface area contributed by atoms with E-state index in [9.17, 15) is 4.79 Å². The summed E-state index contributed by atoms with van der Waals surface area (Å²) in [5.74, 6) is 0.520. The van der Waals surface area contributed by atoms with Crippen LogP contribution in [0.15, 0.2) is 82.4 Å². The summed E-state index contributed by atoms with van der Waals surface area (Å²) >= 11 is 3.51. The molecule has 0 radical (unpaired) electrons. The first kappa shape index (κ1) is 18.9. The van der Waals surface area contributed by atoms with Gasteiger partial charge < -0.3 is 4.74 Å². The van der Waals surface area contributed by atoms with E-state index in [1.807, 2.05) is 73.7 Å². The largest absolute Gasteiger partial charge is 0.488 e. The first-order chi connectivity index (χ1) is 13.1. The van der Waals surface area contributed by atoms with Gasteiger partial charge in [0.1, 0.15) is 12.4 Å². The first-order valence-electron chi connectivity index (χ1n) is 8.49. The third-order valence-corrected chi connectivity index (χ3v) is 4.58. The highest BCUT2D eigenvalue weighted by Gasteiger charge is 2.06. The van der Waals surface area contributed by atoms with Crippen molar-refractivity contribution in [2.45, 2.75) is 13.5 Å². The van der Waals surface area contributed by atoms with Gasteiger partial charge in [-0.25, -0.2) is 5.43 Å². The third kappa shape index (κ3) is 5.28. The molecular weight excluding hydrogens is 404 g/mol. The number of hydrogen-bond acceptors (Lipinski definition) is 3. The fourth-order valence-electron chi connectivity index (χ4n) is 2.50. The second-order valence-corrected chi connectivity index (χ2v) is 6.83. The molecule has 0 heterocycles. The average Bonchev–Trinajstić information content (AvgIpc) is 2.68. The van der Waals surface area contributed by atoms with Gasteiger partial charge in [0.2, 0.25) is 0 Å². The summed E-state index contributed by atoms with van der Waals surface area (Å²) in [6.07, 6.45) is 1.60. The molecule has 0 aliphatic carbocycles. The molecule has 136 valence electrons. The maximum absolute atomic E-state index is 12.1. The lowest BCUT2D eigenvalue weighted by atomic mass is 10.1. The van der Waals surface area contributed by atoms with E-state index in [2.05, 4.69) is 26.5 Å². The van der Waals surface area contributed by atoms with Crippen LogP contribution in [0.2, 0.25) is 0 Å². The number of rotatable bonds is 6. The fraction of sp³-hybridized carbons (Fsp3) is 0.0909. The molecular formula is C22H19BrN2O2. The Hall–Kier alpha value is -2.92. The summed E-state index contributed by atoms with van der Waals surface area (Å²) in [4.78, 5) is 12.1. The zero-order valence-corrected chi connectivity index (χ0v) is 16.4. The van der Waals surface area contributed by atoms with Crippen molar-refractivity contribution < 1.29 is 9.53 Å². The van der Waals surface area contributed by atoms with Crippen molar-refractivity contribution in [2.24, 2.45) is 5.10 Å². The highest BCUT2D eigenvalue weighted by molar-refractivity contribution is 9.10. The normalized spacial score (nSPS) is 10.7. The van der Waals surface area contributed by atoms with Crippen molar-refractivity contribution in [1.82, 2.24) is 5.43 Å². The molecule has 0 aliphatic heterocycles. The minimum atomic E-state index is -0.230. The second-order valence-electron chi connectivity index (χ2n) is 5.98. The van der Waals surface area contributed by atoms with Crippen molar-refractivity contribution in [3.63, 3.8) is 0 Å². The van der Waals surface area contributed by atoms with E-state index in [4.69, 9.17) is 4.74 Å². The van der Waals surface area contributed by atoms with E-state index < -0.39 is 0 Å². The van der Waals surface area contributed by atoms with Gasteiger partial charge in [0.25, 0.3) is 5.91 Å². The van der Waals surface area contributed by atoms with Gasteiger partial charge in [0, 0.05) is 5.56 Å². The van der Waals surface area contributed by atoms with Gasteiger partial charge in [-0.05, 0) is 63.8 Å². The lowest BCUT2D eigenvalue weighted by Crippen LogP contribution is -2.18. The molecule has 1 N–H and O–H groups in total. The first-order valence-corrected chi connectivity index (χ1v) is 9.28. The Kier molecular flexibility index (Phi) is 6.39. The van der Waals surface area contributed by atoms with Crippen LogP contribution in [-0.4, -0.2) is 12.1 Å². The lowest BCUT2D eigenvalue weighted by molar-refractivity contribution is 0.0954. The number of nitrogens with one attached hydrogen (secondary N) is 1. The smallest absolute Gasteiger partial charge is 0.271 e. The Balaban J connectivity index is 1.59. The van der Waals surface area contributed by atoms with Crippen molar-refractivity contribution in [3.05, 3.63) is 99.5 Å². The number of nitrogens with zero attached hydrogens (tertiary/aromatic N) is 1. The van der Waals surface area contributed by atoms with E-state index in [1.54, 1.807) is 12.3 Å². The summed E-state index contributed by atoms with van der Waals surface area (Å²) in [7, 11) is 0. The number of aryl methyl sites for hydroxylation is 1. The van der Waals surface area contributed by atoms with Gasteiger partial charge in [0.05, 0.1) is 10.7 Å². The molecule has 4 nitrogen and oxygen atoms in total. The predicted octanol–water partition coefficient (Wildman–Crippen LogP) is 5.10. The van der Waals surface area contributed by atoms with Gasteiger partial charge in [-0.15, -0.1) is 0 Å². The van der Waals surface area contributed by atoms with E-state index >= 15 is 0 Å². The average molecular weight is 423 g/mol. The van der Waals surface area contributed by atoms with Crippen LogP contribution < -0.4 is 10.2 Å². The Labute approximate surface area is 167 Å². The standard InChI is InChI=1S/C22H19BrN2O2/c1-16-7-5-6-10-19(16)22(26)25-24-14-18-11-12-21(20(23)13-18)27-15-17-8-3-2-4-9-17/h2-14H,15H2,1H3,(H,25,26)/b24-14+. The maximum atomic E-state index is 12.1. The summed E-state index contributed by atoms with van der Waals surface area (Å²) in [6, 6.07) is 23.0. The Morgan fingerprint density at radius 1 is 1.07 bits per heavy atom. The topological polar surface area (TPSA) is 50.7 Å². The molecule has 0 saturated heterocycles. The van der Waals surface area contributed by atoms with Gasteiger partial charge in [-0.2, -0.15) is 5.10 Å². The van der Waals surface area contributed by atoms with Crippen molar-refractivity contribution in [2.75, 3.05) is 0 Å². The van der Waals surface area contributed by atoms with Crippen LogP contribution in [0, 0.1) is 6.92 Å². The summed E-state index contributed by atoms with van der Waals surface area (Å²) in [6.45, 7) is 2.39. The zero-order chi connectivity index (χ0) is 19.1. The second kappa shape index (κ2) is 9.14. The Morgan fingerprint density at radius 3 is 2.56 bits per heavy atom.